The summed E-state index contributed by atoms with van der Waals surface area (Å²) in [6.45, 7) is 3.85. The van der Waals surface area contributed by atoms with E-state index < -0.39 is 0 Å². The van der Waals surface area contributed by atoms with Gasteiger partial charge in [-0.25, -0.2) is 0 Å². The van der Waals surface area contributed by atoms with Gasteiger partial charge in [-0.3, -0.25) is 9.18 Å². The lowest BCUT2D eigenvalue weighted by Gasteiger charge is -2.18. The standard InChI is InChI=1S/C26H52FNO3/c1-2-3-4-5-8-13-18-25(19-14-9-6-11-16-21-27)31-26(30)20-15-10-7-12-17-22-28-23-24-29/h25,28-29H,2-24H2,1H3. The summed E-state index contributed by atoms with van der Waals surface area (Å²) < 4.78 is 18.0. The maximum absolute atomic E-state index is 12.3. The highest BCUT2D eigenvalue weighted by Crippen LogP contribution is 2.18. The number of aliphatic hydroxyl groups excluding tert-OH is 1. The fourth-order valence-electron chi connectivity index (χ4n) is 3.91. The molecule has 0 aliphatic heterocycles. The summed E-state index contributed by atoms with van der Waals surface area (Å²) in [5.41, 5.74) is 0. The predicted octanol–water partition coefficient (Wildman–Crippen LogP) is 6.88. The first kappa shape index (κ1) is 30.3. The molecule has 0 aliphatic rings. The molecule has 0 heterocycles. The maximum atomic E-state index is 12.3. The van der Waals surface area contributed by atoms with Crippen molar-refractivity contribution >= 4 is 5.97 Å². The Bertz CT molecular complexity index is 353. The third kappa shape index (κ3) is 23.8. The lowest BCUT2D eigenvalue weighted by atomic mass is 10.0. The monoisotopic (exact) mass is 445 g/mol. The molecule has 0 aromatic carbocycles. The van der Waals surface area contributed by atoms with Gasteiger partial charge < -0.3 is 15.2 Å². The third-order valence-electron chi connectivity index (χ3n) is 5.86. The highest BCUT2D eigenvalue weighted by Gasteiger charge is 2.14. The molecular weight excluding hydrogens is 393 g/mol. The zero-order valence-electron chi connectivity index (χ0n) is 20.5. The fraction of sp³-hybridized carbons (Fsp3) is 0.962. The van der Waals surface area contributed by atoms with Crippen LogP contribution in [0.3, 0.4) is 0 Å². The van der Waals surface area contributed by atoms with Crippen molar-refractivity contribution < 1.29 is 19.0 Å². The highest BCUT2D eigenvalue weighted by molar-refractivity contribution is 5.69. The van der Waals surface area contributed by atoms with E-state index in [9.17, 15) is 9.18 Å². The van der Waals surface area contributed by atoms with E-state index in [1.54, 1.807) is 0 Å². The molecule has 0 rings (SSSR count). The van der Waals surface area contributed by atoms with Gasteiger partial charge in [0.05, 0.1) is 13.3 Å². The Balaban J connectivity index is 3.94. The first-order valence-corrected chi connectivity index (χ1v) is 13.3. The summed E-state index contributed by atoms with van der Waals surface area (Å²) in [6.07, 6.45) is 20.4. The van der Waals surface area contributed by atoms with Gasteiger partial charge in [0.2, 0.25) is 0 Å². The highest BCUT2D eigenvalue weighted by atomic mass is 19.1. The number of rotatable bonds is 25. The lowest BCUT2D eigenvalue weighted by molar-refractivity contribution is -0.150. The number of alkyl halides is 1. The number of unbranched alkanes of at least 4 members (excludes halogenated alkanes) is 13. The van der Waals surface area contributed by atoms with Crippen LogP contribution in [-0.4, -0.2) is 43.6 Å². The smallest absolute Gasteiger partial charge is 0.306 e. The molecule has 4 nitrogen and oxygen atoms in total. The van der Waals surface area contributed by atoms with Crippen LogP contribution in [0.4, 0.5) is 4.39 Å². The normalized spacial score (nSPS) is 12.2. The van der Waals surface area contributed by atoms with Crippen molar-refractivity contribution in [2.45, 2.75) is 135 Å². The average molecular weight is 446 g/mol. The van der Waals surface area contributed by atoms with Crippen molar-refractivity contribution in [3.8, 4) is 0 Å². The second-order valence-corrected chi connectivity index (χ2v) is 8.91. The van der Waals surface area contributed by atoms with Crippen LogP contribution in [-0.2, 0) is 9.53 Å². The van der Waals surface area contributed by atoms with Gasteiger partial charge >= 0.3 is 5.97 Å². The van der Waals surface area contributed by atoms with E-state index in [0.29, 0.717) is 19.4 Å². The summed E-state index contributed by atoms with van der Waals surface area (Å²) in [5, 5.41) is 11.9. The van der Waals surface area contributed by atoms with Crippen LogP contribution in [0.2, 0.25) is 0 Å². The molecule has 31 heavy (non-hydrogen) atoms. The Labute approximate surface area is 192 Å². The number of halogens is 1. The first-order valence-electron chi connectivity index (χ1n) is 13.3. The second kappa shape index (κ2) is 25.6. The fourth-order valence-corrected chi connectivity index (χ4v) is 3.91. The number of aliphatic hydroxyl groups is 1. The molecule has 1 unspecified atom stereocenters. The quantitative estimate of drug-likeness (QED) is 0.119. The number of carbonyl (C=O) groups excluding carboxylic acids is 1. The van der Waals surface area contributed by atoms with Gasteiger partial charge in [-0.05, 0) is 51.5 Å². The van der Waals surface area contributed by atoms with Gasteiger partial charge in [-0.2, -0.15) is 0 Å². The second-order valence-electron chi connectivity index (χ2n) is 8.91. The van der Waals surface area contributed by atoms with Crippen LogP contribution in [0.1, 0.15) is 129 Å². The van der Waals surface area contributed by atoms with Crippen LogP contribution in [0, 0.1) is 0 Å². The third-order valence-corrected chi connectivity index (χ3v) is 5.86. The van der Waals surface area contributed by atoms with Gasteiger partial charge in [-0.1, -0.05) is 77.6 Å². The zero-order valence-corrected chi connectivity index (χ0v) is 20.5. The van der Waals surface area contributed by atoms with Crippen molar-refractivity contribution in [3.63, 3.8) is 0 Å². The molecule has 0 radical (unpaired) electrons. The molecule has 2 N–H and O–H groups in total. The number of carbonyl (C=O) groups is 1. The number of nitrogens with one attached hydrogen (secondary N) is 1. The van der Waals surface area contributed by atoms with E-state index in [2.05, 4.69) is 12.2 Å². The van der Waals surface area contributed by atoms with Gasteiger partial charge in [0, 0.05) is 13.0 Å². The number of hydrogen-bond donors (Lipinski definition) is 2. The van der Waals surface area contributed by atoms with E-state index in [-0.39, 0.29) is 25.4 Å². The van der Waals surface area contributed by atoms with Crippen molar-refractivity contribution in [3.05, 3.63) is 0 Å². The molecule has 0 aliphatic carbocycles. The van der Waals surface area contributed by atoms with E-state index in [0.717, 1.165) is 83.6 Å². The molecule has 0 bridgehead atoms. The largest absolute Gasteiger partial charge is 0.462 e. The average Bonchev–Trinajstić information content (AvgIpc) is 2.77. The minimum Gasteiger partial charge on any atom is -0.462 e. The molecule has 0 amide bonds. The maximum Gasteiger partial charge on any atom is 0.306 e. The summed E-state index contributed by atoms with van der Waals surface area (Å²) in [4.78, 5) is 12.3. The van der Waals surface area contributed by atoms with Gasteiger partial charge in [0.15, 0.2) is 0 Å². The first-order chi connectivity index (χ1) is 15.2. The summed E-state index contributed by atoms with van der Waals surface area (Å²) in [5.74, 6) is -0.0296. The lowest BCUT2D eigenvalue weighted by Crippen LogP contribution is -2.19. The minimum absolute atomic E-state index is 0.0296. The Morgan fingerprint density at radius 2 is 1.32 bits per heavy atom. The van der Waals surface area contributed by atoms with Crippen molar-refractivity contribution in [2.24, 2.45) is 0 Å². The molecule has 5 heteroatoms. The van der Waals surface area contributed by atoms with Crippen LogP contribution in [0.5, 0.6) is 0 Å². The molecule has 0 aromatic heterocycles. The van der Waals surface area contributed by atoms with E-state index in [1.165, 1.54) is 32.1 Å². The zero-order chi connectivity index (χ0) is 22.8. The van der Waals surface area contributed by atoms with E-state index in [1.807, 2.05) is 0 Å². The number of ether oxygens (including phenoxy) is 1. The Morgan fingerprint density at radius 1 is 0.774 bits per heavy atom. The summed E-state index contributed by atoms with van der Waals surface area (Å²) >= 11 is 0. The molecule has 0 saturated heterocycles. The number of esters is 1. The molecule has 186 valence electrons. The molecule has 0 spiro atoms. The summed E-state index contributed by atoms with van der Waals surface area (Å²) in [7, 11) is 0. The van der Waals surface area contributed by atoms with Gasteiger partial charge in [0.25, 0.3) is 0 Å². The predicted molar refractivity (Wildman–Crippen MR) is 129 cm³/mol. The Kier molecular flexibility index (Phi) is 25.0. The van der Waals surface area contributed by atoms with Crippen LogP contribution >= 0.6 is 0 Å². The number of hydrogen-bond acceptors (Lipinski definition) is 4. The van der Waals surface area contributed by atoms with Crippen molar-refractivity contribution in [1.82, 2.24) is 5.32 Å². The topological polar surface area (TPSA) is 58.6 Å². The van der Waals surface area contributed by atoms with Crippen molar-refractivity contribution in [1.29, 1.82) is 0 Å². The van der Waals surface area contributed by atoms with E-state index in [4.69, 9.17) is 9.84 Å². The van der Waals surface area contributed by atoms with Crippen LogP contribution < -0.4 is 5.32 Å². The summed E-state index contributed by atoms with van der Waals surface area (Å²) in [6, 6.07) is 0. The molecular formula is C26H52FNO3. The SMILES string of the molecule is CCCCCCCCC(CCCCCCCF)OC(=O)CCCCCCCNCCO. The Hall–Kier alpha value is -0.680. The van der Waals surface area contributed by atoms with Crippen molar-refractivity contribution in [2.75, 3.05) is 26.4 Å². The molecule has 0 saturated carbocycles. The minimum atomic E-state index is -0.209. The van der Waals surface area contributed by atoms with E-state index >= 15 is 0 Å². The van der Waals surface area contributed by atoms with Gasteiger partial charge in [-0.15, -0.1) is 0 Å². The van der Waals surface area contributed by atoms with Crippen LogP contribution in [0.25, 0.3) is 0 Å². The molecule has 0 aromatic rings. The molecule has 0 fully saturated rings. The van der Waals surface area contributed by atoms with Gasteiger partial charge in [0.1, 0.15) is 6.10 Å². The Morgan fingerprint density at radius 3 is 1.94 bits per heavy atom. The molecule has 1 atom stereocenters. The van der Waals surface area contributed by atoms with Crippen LogP contribution in [0.15, 0.2) is 0 Å².